The van der Waals surface area contributed by atoms with Crippen LogP contribution in [0.1, 0.15) is 37.4 Å². The minimum atomic E-state index is -4.26. The van der Waals surface area contributed by atoms with Crippen LogP contribution in [0.15, 0.2) is 24.3 Å². The molecule has 1 aromatic rings. The van der Waals surface area contributed by atoms with E-state index in [0.29, 0.717) is 5.92 Å². The van der Waals surface area contributed by atoms with Gasteiger partial charge in [-0.1, -0.05) is 26.0 Å². The van der Waals surface area contributed by atoms with Gasteiger partial charge in [-0.25, -0.2) is 0 Å². The third-order valence-corrected chi connectivity index (χ3v) is 3.91. The summed E-state index contributed by atoms with van der Waals surface area (Å²) in [4.78, 5) is 2.37. The van der Waals surface area contributed by atoms with Gasteiger partial charge in [-0.15, -0.1) is 0 Å². The molecule has 0 bridgehead atoms. The van der Waals surface area contributed by atoms with E-state index in [4.69, 9.17) is 0 Å². The zero-order valence-corrected chi connectivity index (χ0v) is 12.6. The molecule has 5 heteroatoms. The fourth-order valence-corrected chi connectivity index (χ4v) is 2.83. The minimum Gasteiger partial charge on any atom is -0.314 e. The Balaban J connectivity index is 2.19. The summed E-state index contributed by atoms with van der Waals surface area (Å²) in [6, 6.07) is 5.88. The van der Waals surface area contributed by atoms with Crippen LogP contribution in [0.2, 0.25) is 0 Å². The van der Waals surface area contributed by atoms with Crippen LogP contribution in [-0.4, -0.2) is 31.1 Å². The second kappa shape index (κ2) is 6.79. The molecule has 2 nitrogen and oxygen atoms in total. The van der Waals surface area contributed by atoms with E-state index in [1.807, 2.05) is 0 Å². The largest absolute Gasteiger partial charge is 0.416 e. The fourth-order valence-electron chi connectivity index (χ4n) is 2.83. The van der Waals surface area contributed by atoms with Crippen LogP contribution in [0.3, 0.4) is 0 Å². The van der Waals surface area contributed by atoms with Gasteiger partial charge in [-0.05, 0) is 30.0 Å². The highest BCUT2D eigenvalue weighted by molar-refractivity contribution is 5.27. The standard InChI is InChI=1S/C16H23F3N2/c1-12(2)11-15(21-9-7-20-8-10-21)13-3-5-14(6-4-13)16(17,18)19/h3-6,12,15,20H,7-11H2,1-2H3/t15-/m1/s1. The van der Waals surface area contributed by atoms with Crippen LogP contribution in [0, 0.1) is 5.92 Å². The van der Waals surface area contributed by atoms with Crippen LogP contribution in [0.25, 0.3) is 0 Å². The number of alkyl halides is 3. The Bertz CT molecular complexity index is 434. The zero-order chi connectivity index (χ0) is 15.5. The van der Waals surface area contributed by atoms with Gasteiger partial charge >= 0.3 is 6.18 Å². The van der Waals surface area contributed by atoms with E-state index in [0.717, 1.165) is 38.2 Å². The maximum atomic E-state index is 12.7. The molecule has 0 spiro atoms. The maximum Gasteiger partial charge on any atom is 0.416 e. The lowest BCUT2D eigenvalue weighted by atomic mass is 9.94. The van der Waals surface area contributed by atoms with Crippen molar-refractivity contribution in [2.24, 2.45) is 5.92 Å². The predicted octanol–water partition coefficient (Wildman–Crippen LogP) is 3.70. The molecule has 2 rings (SSSR count). The Morgan fingerprint density at radius 1 is 1.10 bits per heavy atom. The average Bonchev–Trinajstić information content (AvgIpc) is 2.45. The Morgan fingerprint density at radius 2 is 1.67 bits per heavy atom. The molecule has 0 saturated carbocycles. The highest BCUT2D eigenvalue weighted by Crippen LogP contribution is 2.32. The number of rotatable bonds is 4. The highest BCUT2D eigenvalue weighted by atomic mass is 19.4. The fraction of sp³-hybridized carbons (Fsp3) is 0.625. The average molecular weight is 300 g/mol. The van der Waals surface area contributed by atoms with E-state index < -0.39 is 11.7 Å². The lowest BCUT2D eigenvalue weighted by Gasteiger charge is -2.36. The van der Waals surface area contributed by atoms with Crippen molar-refractivity contribution in [2.45, 2.75) is 32.5 Å². The van der Waals surface area contributed by atoms with Crippen LogP contribution >= 0.6 is 0 Å². The van der Waals surface area contributed by atoms with E-state index >= 15 is 0 Å². The first kappa shape index (κ1) is 16.3. The second-order valence-corrected chi connectivity index (χ2v) is 6.05. The summed E-state index contributed by atoms with van der Waals surface area (Å²) in [5, 5.41) is 3.31. The minimum absolute atomic E-state index is 0.203. The van der Waals surface area contributed by atoms with Crippen molar-refractivity contribution in [1.82, 2.24) is 10.2 Å². The summed E-state index contributed by atoms with van der Waals surface area (Å²) in [6.07, 6.45) is -3.30. The predicted molar refractivity (Wildman–Crippen MR) is 78.1 cm³/mol. The van der Waals surface area contributed by atoms with E-state index in [2.05, 4.69) is 24.1 Å². The van der Waals surface area contributed by atoms with Gasteiger partial charge < -0.3 is 5.32 Å². The molecule has 0 aromatic heterocycles. The van der Waals surface area contributed by atoms with E-state index in [9.17, 15) is 13.2 Å². The molecular formula is C16H23F3N2. The number of piperazine rings is 1. The quantitative estimate of drug-likeness (QED) is 0.912. The van der Waals surface area contributed by atoms with Crippen LogP contribution in [0.5, 0.6) is 0 Å². The topological polar surface area (TPSA) is 15.3 Å². The molecule has 0 amide bonds. The van der Waals surface area contributed by atoms with Crippen molar-refractivity contribution in [3.05, 3.63) is 35.4 Å². The third-order valence-electron chi connectivity index (χ3n) is 3.91. The smallest absolute Gasteiger partial charge is 0.314 e. The summed E-state index contributed by atoms with van der Waals surface area (Å²) in [5.74, 6) is 0.507. The Hall–Kier alpha value is -1.07. The van der Waals surface area contributed by atoms with Crippen molar-refractivity contribution >= 4 is 0 Å². The molecule has 118 valence electrons. The lowest BCUT2D eigenvalue weighted by molar-refractivity contribution is -0.137. The van der Waals surface area contributed by atoms with E-state index in [1.165, 1.54) is 12.1 Å². The van der Waals surface area contributed by atoms with Crippen LogP contribution in [-0.2, 0) is 6.18 Å². The molecule has 1 aliphatic rings. The van der Waals surface area contributed by atoms with Gasteiger partial charge in [-0.2, -0.15) is 13.2 Å². The number of benzene rings is 1. The van der Waals surface area contributed by atoms with Crippen molar-refractivity contribution in [2.75, 3.05) is 26.2 Å². The van der Waals surface area contributed by atoms with Crippen molar-refractivity contribution in [3.63, 3.8) is 0 Å². The van der Waals surface area contributed by atoms with Gasteiger partial charge in [0.1, 0.15) is 0 Å². The van der Waals surface area contributed by atoms with E-state index in [1.54, 1.807) is 12.1 Å². The summed E-state index contributed by atoms with van der Waals surface area (Å²) < 4.78 is 38.0. The second-order valence-electron chi connectivity index (χ2n) is 6.05. The van der Waals surface area contributed by atoms with Crippen molar-refractivity contribution < 1.29 is 13.2 Å². The van der Waals surface area contributed by atoms with Gasteiger partial charge in [0.2, 0.25) is 0 Å². The highest BCUT2D eigenvalue weighted by Gasteiger charge is 2.31. The maximum absolute atomic E-state index is 12.7. The molecule has 0 radical (unpaired) electrons. The summed E-state index contributed by atoms with van der Waals surface area (Å²) in [6.45, 7) is 8.07. The molecule has 1 aromatic carbocycles. The van der Waals surface area contributed by atoms with Crippen LogP contribution in [0.4, 0.5) is 13.2 Å². The number of nitrogens with one attached hydrogen (secondary N) is 1. The SMILES string of the molecule is CC(C)C[C@H](c1ccc(C(F)(F)F)cc1)N1CCNCC1. The molecule has 0 aliphatic carbocycles. The third kappa shape index (κ3) is 4.45. The van der Waals surface area contributed by atoms with Gasteiger partial charge in [0.05, 0.1) is 5.56 Å². The Kier molecular flexibility index (Phi) is 5.27. The molecule has 1 atom stereocenters. The first-order valence-electron chi connectivity index (χ1n) is 7.50. The molecular weight excluding hydrogens is 277 g/mol. The van der Waals surface area contributed by atoms with Gasteiger partial charge in [0.15, 0.2) is 0 Å². The summed E-state index contributed by atoms with van der Waals surface area (Å²) >= 11 is 0. The molecule has 1 fully saturated rings. The van der Waals surface area contributed by atoms with E-state index in [-0.39, 0.29) is 6.04 Å². The number of halogens is 3. The number of nitrogens with zero attached hydrogens (tertiary/aromatic N) is 1. The van der Waals surface area contributed by atoms with Gasteiger partial charge in [0.25, 0.3) is 0 Å². The first-order valence-corrected chi connectivity index (χ1v) is 7.50. The molecule has 0 unspecified atom stereocenters. The van der Waals surface area contributed by atoms with Gasteiger partial charge in [-0.3, -0.25) is 4.90 Å². The zero-order valence-electron chi connectivity index (χ0n) is 12.6. The van der Waals surface area contributed by atoms with Crippen molar-refractivity contribution in [1.29, 1.82) is 0 Å². The molecule has 1 N–H and O–H groups in total. The van der Waals surface area contributed by atoms with Crippen LogP contribution < -0.4 is 5.32 Å². The van der Waals surface area contributed by atoms with Crippen molar-refractivity contribution in [3.8, 4) is 0 Å². The molecule has 1 aliphatic heterocycles. The molecule has 1 heterocycles. The Labute approximate surface area is 124 Å². The first-order chi connectivity index (χ1) is 9.88. The Morgan fingerprint density at radius 3 is 2.14 bits per heavy atom. The number of hydrogen-bond acceptors (Lipinski definition) is 2. The molecule has 21 heavy (non-hydrogen) atoms. The monoisotopic (exact) mass is 300 g/mol. The number of hydrogen-bond donors (Lipinski definition) is 1. The lowest BCUT2D eigenvalue weighted by Crippen LogP contribution is -2.45. The molecule has 1 saturated heterocycles. The summed E-state index contributed by atoms with van der Waals surface area (Å²) in [7, 11) is 0. The summed E-state index contributed by atoms with van der Waals surface area (Å²) in [5.41, 5.74) is 0.411. The van der Waals surface area contributed by atoms with Gasteiger partial charge in [0, 0.05) is 32.2 Å². The normalized spacial score (nSPS) is 19.0.